The molecule has 1 aromatic heterocycles. The van der Waals surface area contributed by atoms with Gasteiger partial charge in [0.2, 0.25) is 0 Å². The zero-order valence-electron chi connectivity index (χ0n) is 10.8. The van der Waals surface area contributed by atoms with E-state index in [9.17, 15) is 0 Å². The summed E-state index contributed by atoms with van der Waals surface area (Å²) in [6.07, 6.45) is 5.93. The predicted molar refractivity (Wildman–Crippen MR) is 83.3 cm³/mol. The Bertz CT molecular complexity index is 617. The summed E-state index contributed by atoms with van der Waals surface area (Å²) in [5.74, 6) is 1.51. The SMILES string of the molecule is Clc1ccc(Oc2cncc(Br)c2)c(CNC2CC2)c1. The van der Waals surface area contributed by atoms with Gasteiger partial charge in [0.25, 0.3) is 0 Å². The van der Waals surface area contributed by atoms with E-state index < -0.39 is 0 Å². The number of benzene rings is 1. The molecule has 1 heterocycles. The Balaban J connectivity index is 1.79. The molecule has 3 nitrogen and oxygen atoms in total. The second-order valence-corrected chi connectivity index (χ2v) is 6.20. The van der Waals surface area contributed by atoms with Crippen molar-refractivity contribution < 1.29 is 4.74 Å². The molecule has 0 amide bonds. The summed E-state index contributed by atoms with van der Waals surface area (Å²) < 4.78 is 6.80. The first-order valence-electron chi connectivity index (χ1n) is 6.51. The van der Waals surface area contributed by atoms with E-state index in [2.05, 4.69) is 26.2 Å². The molecule has 5 heteroatoms. The highest BCUT2D eigenvalue weighted by Crippen LogP contribution is 2.29. The van der Waals surface area contributed by atoms with Crippen molar-refractivity contribution in [2.24, 2.45) is 0 Å². The molecule has 0 spiro atoms. The fraction of sp³-hybridized carbons (Fsp3) is 0.267. The highest BCUT2D eigenvalue weighted by atomic mass is 79.9. The van der Waals surface area contributed by atoms with Gasteiger partial charge < -0.3 is 10.1 Å². The molecule has 20 heavy (non-hydrogen) atoms. The summed E-state index contributed by atoms with van der Waals surface area (Å²) in [6, 6.07) is 8.21. The van der Waals surface area contributed by atoms with Gasteiger partial charge in [-0.1, -0.05) is 11.6 Å². The summed E-state index contributed by atoms with van der Waals surface area (Å²) in [5.41, 5.74) is 1.06. The van der Waals surface area contributed by atoms with Gasteiger partial charge >= 0.3 is 0 Å². The Morgan fingerprint density at radius 3 is 2.90 bits per heavy atom. The zero-order chi connectivity index (χ0) is 13.9. The van der Waals surface area contributed by atoms with Crippen molar-refractivity contribution in [1.82, 2.24) is 10.3 Å². The van der Waals surface area contributed by atoms with Crippen LogP contribution in [-0.2, 0) is 6.54 Å². The van der Waals surface area contributed by atoms with E-state index in [4.69, 9.17) is 16.3 Å². The van der Waals surface area contributed by atoms with E-state index in [1.54, 1.807) is 12.4 Å². The monoisotopic (exact) mass is 352 g/mol. The van der Waals surface area contributed by atoms with Crippen molar-refractivity contribution in [3.63, 3.8) is 0 Å². The number of halogens is 2. The van der Waals surface area contributed by atoms with E-state index in [1.165, 1.54) is 12.8 Å². The van der Waals surface area contributed by atoms with Gasteiger partial charge in [-0.3, -0.25) is 4.98 Å². The first-order chi connectivity index (χ1) is 9.70. The van der Waals surface area contributed by atoms with Crippen molar-refractivity contribution >= 4 is 27.5 Å². The van der Waals surface area contributed by atoms with Gasteiger partial charge in [-0.25, -0.2) is 0 Å². The molecular formula is C15H14BrClN2O. The summed E-state index contributed by atoms with van der Waals surface area (Å²) in [4.78, 5) is 4.10. The van der Waals surface area contributed by atoms with Crippen LogP contribution in [0.3, 0.4) is 0 Å². The third-order valence-electron chi connectivity index (χ3n) is 3.09. The molecule has 1 N–H and O–H groups in total. The Morgan fingerprint density at radius 1 is 1.30 bits per heavy atom. The number of nitrogens with one attached hydrogen (secondary N) is 1. The van der Waals surface area contributed by atoms with Gasteiger partial charge in [0.15, 0.2) is 0 Å². The van der Waals surface area contributed by atoms with Crippen molar-refractivity contribution in [2.75, 3.05) is 0 Å². The van der Waals surface area contributed by atoms with E-state index in [-0.39, 0.29) is 0 Å². The van der Waals surface area contributed by atoms with Gasteiger partial charge in [0.1, 0.15) is 11.5 Å². The molecule has 3 rings (SSSR count). The lowest BCUT2D eigenvalue weighted by molar-refractivity contribution is 0.470. The first-order valence-corrected chi connectivity index (χ1v) is 7.68. The highest BCUT2D eigenvalue weighted by Gasteiger charge is 2.20. The Hall–Kier alpha value is -1.10. The van der Waals surface area contributed by atoms with E-state index in [0.717, 1.165) is 27.4 Å². The third-order valence-corrected chi connectivity index (χ3v) is 3.76. The molecule has 1 aliphatic carbocycles. The third kappa shape index (κ3) is 3.72. The number of rotatable bonds is 5. The Kier molecular flexibility index (Phi) is 4.24. The average Bonchev–Trinajstić information content (AvgIpc) is 3.23. The fourth-order valence-electron chi connectivity index (χ4n) is 1.90. The number of ether oxygens (including phenoxy) is 1. The zero-order valence-corrected chi connectivity index (χ0v) is 13.1. The second kappa shape index (κ2) is 6.12. The van der Waals surface area contributed by atoms with Gasteiger partial charge in [0, 0.05) is 33.8 Å². The number of aromatic nitrogens is 1. The van der Waals surface area contributed by atoms with Crippen molar-refractivity contribution in [2.45, 2.75) is 25.4 Å². The van der Waals surface area contributed by atoms with Crippen LogP contribution in [0.25, 0.3) is 0 Å². The van der Waals surface area contributed by atoms with Crippen LogP contribution in [-0.4, -0.2) is 11.0 Å². The second-order valence-electron chi connectivity index (χ2n) is 4.85. The maximum Gasteiger partial charge on any atom is 0.146 e. The van der Waals surface area contributed by atoms with Crippen LogP contribution in [0.1, 0.15) is 18.4 Å². The van der Waals surface area contributed by atoms with Crippen LogP contribution in [0.4, 0.5) is 0 Å². The summed E-state index contributed by atoms with van der Waals surface area (Å²) >= 11 is 9.46. The lowest BCUT2D eigenvalue weighted by Gasteiger charge is -2.12. The molecule has 0 saturated heterocycles. The van der Waals surface area contributed by atoms with Gasteiger partial charge in [-0.05, 0) is 53.0 Å². The minimum atomic E-state index is 0.648. The molecule has 0 atom stereocenters. The number of hydrogen-bond donors (Lipinski definition) is 1. The van der Waals surface area contributed by atoms with Crippen molar-refractivity contribution in [3.05, 3.63) is 51.7 Å². The minimum Gasteiger partial charge on any atom is -0.455 e. The van der Waals surface area contributed by atoms with Crippen molar-refractivity contribution in [3.8, 4) is 11.5 Å². The molecule has 0 unspecified atom stereocenters. The quantitative estimate of drug-likeness (QED) is 0.857. The van der Waals surface area contributed by atoms with Crippen LogP contribution in [0.2, 0.25) is 5.02 Å². The lowest BCUT2D eigenvalue weighted by atomic mass is 10.2. The maximum absolute atomic E-state index is 6.07. The molecule has 0 radical (unpaired) electrons. The molecule has 0 bridgehead atoms. The fourth-order valence-corrected chi connectivity index (χ4v) is 2.44. The molecule has 1 aliphatic rings. The van der Waals surface area contributed by atoms with Crippen LogP contribution >= 0.6 is 27.5 Å². The van der Waals surface area contributed by atoms with Gasteiger partial charge in [-0.2, -0.15) is 0 Å². The molecule has 2 aromatic rings. The summed E-state index contributed by atoms with van der Waals surface area (Å²) in [5, 5.41) is 4.19. The largest absolute Gasteiger partial charge is 0.455 e. The standard InChI is InChI=1S/C15H14BrClN2O/c16-11-6-14(9-18-8-11)20-15-4-1-12(17)5-10(15)7-19-13-2-3-13/h1,4-6,8-9,13,19H,2-3,7H2. The maximum atomic E-state index is 6.07. The van der Waals surface area contributed by atoms with E-state index in [1.807, 2.05) is 24.3 Å². The van der Waals surface area contributed by atoms with Crippen LogP contribution in [0.5, 0.6) is 11.5 Å². The molecule has 1 saturated carbocycles. The minimum absolute atomic E-state index is 0.648. The molecule has 1 aromatic carbocycles. The van der Waals surface area contributed by atoms with Crippen molar-refractivity contribution in [1.29, 1.82) is 0 Å². The molecule has 1 fully saturated rings. The number of pyridine rings is 1. The van der Waals surface area contributed by atoms with Gasteiger partial charge in [0.05, 0.1) is 6.20 Å². The Labute approximate surface area is 131 Å². The molecule has 104 valence electrons. The number of nitrogens with zero attached hydrogens (tertiary/aromatic N) is 1. The topological polar surface area (TPSA) is 34.1 Å². The number of hydrogen-bond acceptors (Lipinski definition) is 3. The van der Waals surface area contributed by atoms with Crippen LogP contribution in [0, 0.1) is 0 Å². The average molecular weight is 354 g/mol. The van der Waals surface area contributed by atoms with E-state index in [0.29, 0.717) is 11.8 Å². The summed E-state index contributed by atoms with van der Waals surface area (Å²) in [6.45, 7) is 0.766. The molecular weight excluding hydrogens is 340 g/mol. The Morgan fingerprint density at radius 2 is 2.15 bits per heavy atom. The first kappa shape index (κ1) is 13.9. The highest BCUT2D eigenvalue weighted by molar-refractivity contribution is 9.10. The molecule has 0 aliphatic heterocycles. The van der Waals surface area contributed by atoms with Crippen LogP contribution in [0.15, 0.2) is 41.1 Å². The van der Waals surface area contributed by atoms with Gasteiger partial charge in [-0.15, -0.1) is 0 Å². The lowest BCUT2D eigenvalue weighted by Crippen LogP contribution is -2.15. The normalized spacial score (nSPS) is 14.3. The van der Waals surface area contributed by atoms with Crippen LogP contribution < -0.4 is 10.1 Å². The summed E-state index contributed by atoms with van der Waals surface area (Å²) in [7, 11) is 0. The predicted octanol–water partition coefficient (Wildman–Crippen LogP) is 4.54. The smallest absolute Gasteiger partial charge is 0.146 e. The van der Waals surface area contributed by atoms with E-state index >= 15 is 0 Å².